The summed E-state index contributed by atoms with van der Waals surface area (Å²) in [5.74, 6) is 0.805. The van der Waals surface area contributed by atoms with Gasteiger partial charge < -0.3 is 15.4 Å². The Balaban J connectivity index is 2.24. The summed E-state index contributed by atoms with van der Waals surface area (Å²) in [4.78, 5) is 2.42. The molecule has 1 fully saturated rings. The fourth-order valence-corrected chi connectivity index (χ4v) is 2.30. The van der Waals surface area contributed by atoms with Crippen LogP contribution in [0.1, 0.15) is 26.7 Å². The summed E-state index contributed by atoms with van der Waals surface area (Å²) in [7, 11) is 0. The van der Waals surface area contributed by atoms with Gasteiger partial charge in [-0.1, -0.05) is 0 Å². The Hall–Kier alpha value is -1.38. The zero-order chi connectivity index (χ0) is 11.5. The van der Waals surface area contributed by atoms with E-state index in [9.17, 15) is 0 Å². The topological polar surface area (TPSA) is 38.5 Å². The standard InChI is InChI=1S/C13H20N2O/c1-3-16-13-9-11(6-7-12(13)14)15-8-4-5-10(15)2/h6-7,9-10H,3-5,8,14H2,1-2H3. The van der Waals surface area contributed by atoms with Crippen molar-refractivity contribution in [3.05, 3.63) is 18.2 Å². The summed E-state index contributed by atoms with van der Waals surface area (Å²) in [5.41, 5.74) is 7.81. The van der Waals surface area contributed by atoms with Gasteiger partial charge in [0.25, 0.3) is 0 Å². The molecule has 1 aliphatic heterocycles. The van der Waals surface area contributed by atoms with Crippen molar-refractivity contribution in [2.75, 3.05) is 23.8 Å². The third-order valence-corrected chi connectivity index (χ3v) is 3.18. The second-order valence-electron chi connectivity index (χ2n) is 4.34. The molecule has 1 unspecified atom stereocenters. The number of nitrogens with zero attached hydrogens (tertiary/aromatic N) is 1. The van der Waals surface area contributed by atoms with Crippen LogP contribution in [-0.4, -0.2) is 19.2 Å². The van der Waals surface area contributed by atoms with Gasteiger partial charge in [0, 0.05) is 24.3 Å². The predicted octanol–water partition coefficient (Wildman–Crippen LogP) is 2.66. The molecule has 0 spiro atoms. The lowest BCUT2D eigenvalue weighted by Gasteiger charge is -2.24. The molecule has 16 heavy (non-hydrogen) atoms. The number of benzene rings is 1. The number of hydrogen-bond acceptors (Lipinski definition) is 3. The van der Waals surface area contributed by atoms with Gasteiger partial charge >= 0.3 is 0 Å². The van der Waals surface area contributed by atoms with Crippen LogP contribution < -0.4 is 15.4 Å². The first-order chi connectivity index (χ1) is 7.72. The van der Waals surface area contributed by atoms with E-state index in [0.717, 1.165) is 18.0 Å². The number of rotatable bonds is 3. The molecule has 1 aliphatic rings. The molecule has 1 aromatic rings. The Kier molecular flexibility index (Phi) is 3.22. The maximum Gasteiger partial charge on any atom is 0.144 e. The highest BCUT2D eigenvalue weighted by Crippen LogP contribution is 2.31. The van der Waals surface area contributed by atoms with Gasteiger partial charge in [0.15, 0.2) is 0 Å². The van der Waals surface area contributed by atoms with Crippen molar-refractivity contribution in [2.45, 2.75) is 32.7 Å². The van der Waals surface area contributed by atoms with Gasteiger partial charge in [-0.2, -0.15) is 0 Å². The van der Waals surface area contributed by atoms with E-state index in [0.29, 0.717) is 12.6 Å². The van der Waals surface area contributed by atoms with Crippen molar-refractivity contribution in [1.82, 2.24) is 0 Å². The molecular weight excluding hydrogens is 200 g/mol. The Morgan fingerprint density at radius 1 is 1.50 bits per heavy atom. The van der Waals surface area contributed by atoms with E-state index in [4.69, 9.17) is 10.5 Å². The van der Waals surface area contributed by atoms with Crippen molar-refractivity contribution >= 4 is 11.4 Å². The van der Waals surface area contributed by atoms with Gasteiger partial charge in [-0.3, -0.25) is 0 Å². The average molecular weight is 220 g/mol. The fourth-order valence-electron chi connectivity index (χ4n) is 2.30. The smallest absolute Gasteiger partial charge is 0.144 e. The Morgan fingerprint density at radius 2 is 2.31 bits per heavy atom. The largest absolute Gasteiger partial charge is 0.492 e. The Labute approximate surface area is 97.2 Å². The first kappa shape index (κ1) is 11.1. The van der Waals surface area contributed by atoms with Crippen molar-refractivity contribution in [3.63, 3.8) is 0 Å². The van der Waals surface area contributed by atoms with Crippen molar-refractivity contribution in [1.29, 1.82) is 0 Å². The van der Waals surface area contributed by atoms with Crippen LogP contribution in [0.2, 0.25) is 0 Å². The predicted molar refractivity (Wildman–Crippen MR) is 68.1 cm³/mol. The summed E-state index contributed by atoms with van der Waals surface area (Å²) in [6, 6.07) is 6.70. The van der Waals surface area contributed by atoms with Crippen LogP contribution in [0.4, 0.5) is 11.4 Å². The lowest BCUT2D eigenvalue weighted by Crippen LogP contribution is -2.26. The highest BCUT2D eigenvalue weighted by Gasteiger charge is 2.21. The molecule has 3 nitrogen and oxygen atoms in total. The molecule has 2 rings (SSSR count). The molecule has 0 radical (unpaired) electrons. The van der Waals surface area contributed by atoms with Crippen LogP contribution in [0.3, 0.4) is 0 Å². The van der Waals surface area contributed by atoms with Crippen molar-refractivity contribution in [2.24, 2.45) is 0 Å². The zero-order valence-corrected chi connectivity index (χ0v) is 10.1. The van der Waals surface area contributed by atoms with Gasteiger partial charge in [0.05, 0.1) is 12.3 Å². The monoisotopic (exact) mass is 220 g/mol. The molecule has 1 atom stereocenters. The van der Waals surface area contributed by atoms with E-state index >= 15 is 0 Å². The molecule has 0 saturated carbocycles. The van der Waals surface area contributed by atoms with E-state index in [2.05, 4.69) is 24.0 Å². The highest BCUT2D eigenvalue weighted by molar-refractivity contribution is 5.63. The number of nitrogen functional groups attached to an aromatic ring is 1. The molecule has 88 valence electrons. The molecule has 1 aromatic carbocycles. The van der Waals surface area contributed by atoms with E-state index < -0.39 is 0 Å². The van der Waals surface area contributed by atoms with Gasteiger partial charge in [-0.05, 0) is 38.8 Å². The number of hydrogen-bond donors (Lipinski definition) is 1. The van der Waals surface area contributed by atoms with Crippen molar-refractivity contribution in [3.8, 4) is 5.75 Å². The second-order valence-corrected chi connectivity index (χ2v) is 4.34. The Morgan fingerprint density at radius 3 is 2.94 bits per heavy atom. The highest BCUT2D eigenvalue weighted by atomic mass is 16.5. The van der Waals surface area contributed by atoms with Crippen LogP contribution >= 0.6 is 0 Å². The minimum atomic E-state index is 0.623. The number of nitrogens with two attached hydrogens (primary N) is 1. The summed E-state index contributed by atoms with van der Waals surface area (Å²) in [6.45, 7) is 6.04. The van der Waals surface area contributed by atoms with E-state index in [1.165, 1.54) is 18.5 Å². The first-order valence-electron chi connectivity index (χ1n) is 6.01. The molecular formula is C13H20N2O. The second kappa shape index (κ2) is 4.64. The minimum Gasteiger partial charge on any atom is -0.492 e. The maximum atomic E-state index is 5.87. The summed E-state index contributed by atoms with van der Waals surface area (Å²) in [5, 5.41) is 0. The van der Waals surface area contributed by atoms with E-state index in [-0.39, 0.29) is 0 Å². The van der Waals surface area contributed by atoms with Crippen LogP contribution in [0.25, 0.3) is 0 Å². The molecule has 0 aromatic heterocycles. The maximum absolute atomic E-state index is 5.87. The molecule has 0 bridgehead atoms. The van der Waals surface area contributed by atoms with Gasteiger partial charge in [-0.15, -0.1) is 0 Å². The van der Waals surface area contributed by atoms with Crippen LogP contribution in [0, 0.1) is 0 Å². The SMILES string of the molecule is CCOc1cc(N2CCCC2C)ccc1N. The summed E-state index contributed by atoms with van der Waals surface area (Å²) >= 11 is 0. The molecule has 2 N–H and O–H groups in total. The fraction of sp³-hybridized carbons (Fsp3) is 0.538. The first-order valence-corrected chi connectivity index (χ1v) is 6.01. The van der Waals surface area contributed by atoms with E-state index in [1.54, 1.807) is 0 Å². The van der Waals surface area contributed by atoms with Crippen molar-refractivity contribution < 1.29 is 4.74 Å². The zero-order valence-electron chi connectivity index (χ0n) is 10.1. The third kappa shape index (κ3) is 2.08. The lowest BCUT2D eigenvalue weighted by molar-refractivity contribution is 0.342. The van der Waals surface area contributed by atoms with E-state index in [1.807, 2.05) is 13.0 Å². The molecule has 3 heteroatoms. The summed E-state index contributed by atoms with van der Waals surface area (Å²) < 4.78 is 5.52. The molecule has 1 saturated heterocycles. The van der Waals surface area contributed by atoms with Crippen LogP contribution in [-0.2, 0) is 0 Å². The van der Waals surface area contributed by atoms with Gasteiger partial charge in [-0.25, -0.2) is 0 Å². The summed E-state index contributed by atoms with van der Waals surface area (Å²) in [6.07, 6.45) is 2.55. The normalized spacial score (nSPS) is 20.1. The number of anilines is 2. The number of ether oxygens (including phenoxy) is 1. The minimum absolute atomic E-state index is 0.623. The van der Waals surface area contributed by atoms with Gasteiger partial charge in [0.2, 0.25) is 0 Å². The van der Waals surface area contributed by atoms with Gasteiger partial charge in [0.1, 0.15) is 5.75 Å². The molecule has 0 aliphatic carbocycles. The Bertz CT molecular complexity index is 365. The quantitative estimate of drug-likeness (QED) is 0.796. The third-order valence-electron chi connectivity index (χ3n) is 3.18. The lowest BCUT2D eigenvalue weighted by atomic mass is 10.2. The molecule has 1 heterocycles. The average Bonchev–Trinajstić information content (AvgIpc) is 2.68. The molecule has 0 amide bonds. The van der Waals surface area contributed by atoms with Crippen LogP contribution in [0.15, 0.2) is 18.2 Å². The van der Waals surface area contributed by atoms with Crippen LogP contribution in [0.5, 0.6) is 5.75 Å².